The molecule has 6 heteroatoms. The quantitative estimate of drug-likeness (QED) is 0.929. The molecule has 0 aliphatic heterocycles. The predicted molar refractivity (Wildman–Crippen MR) is 62.2 cm³/mol. The summed E-state index contributed by atoms with van der Waals surface area (Å²) >= 11 is 1.40. The van der Waals surface area contributed by atoms with Crippen LogP contribution in [0, 0.1) is 0 Å². The van der Waals surface area contributed by atoms with Gasteiger partial charge in [-0.2, -0.15) is 13.2 Å². The van der Waals surface area contributed by atoms with E-state index >= 15 is 0 Å². The largest absolute Gasteiger partial charge is 0.416 e. The van der Waals surface area contributed by atoms with Crippen LogP contribution in [0.3, 0.4) is 0 Å². The van der Waals surface area contributed by atoms with Crippen molar-refractivity contribution in [3.63, 3.8) is 0 Å². The van der Waals surface area contributed by atoms with Gasteiger partial charge in [-0.05, 0) is 17.7 Å². The Kier molecular flexibility index (Phi) is 3.68. The Morgan fingerprint density at radius 3 is 2.39 bits per heavy atom. The summed E-state index contributed by atoms with van der Waals surface area (Å²) in [4.78, 5) is 4.02. The zero-order chi connectivity index (χ0) is 13.2. The lowest BCUT2D eigenvalue weighted by atomic mass is 10.0. The molecule has 18 heavy (non-hydrogen) atoms. The fourth-order valence-corrected chi connectivity index (χ4v) is 2.19. The Bertz CT molecular complexity index is 493. The first kappa shape index (κ1) is 13.0. The summed E-state index contributed by atoms with van der Waals surface area (Å²) in [7, 11) is 0. The molecule has 0 amide bonds. The number of alkyl halides is 3. The van der Waals surface area contributed by atoms with Crippen molar-refractivity contribution in [1.29, 1.82) is 0 Å². The standard InChI is InChI=1S/C12H10F3NOS/c13-12(14,15)9-3-1-8(2-4-9)10(17)7-11-16-5-6-18-11/h1-6,10,17H,7H2. The maximum atomic E-state index is 12.4. The maximum absolute atomic E-state index is 12.4. The van der Waals surface area contributed by atoms with E-state index in [1.54, 1.807) is 11.6 Å². The molecule has 1 N–H and O–H groups in total. The number of rotatable bonds is 3. The molecular formula is C12H10F3NOS. The third kappa shape index (κ3) is 3.08. The second-order valence-corrected chi connectivity index (χ2v) is 4.74. The second-order valence-electron chi connectivity index (χ2n) is 3.77. The normalized spacial score (nSPS) is 13.6. The molecule has 0 aliphatic carbocycles. The first-order chi connectivity index (χ1) is 8.47. The Morgan fingerprint density at radius 1 is 1.22 bits per heavy atom. The second kappa shape index (κ2) is 5.07. The summed E-state index contributed by atoms with van der Waals surface area (Å²) in [5.41, 5.74) is -0.258. The van der Waals surface area contributed by atoms with Gasteiger partial charge >= 0.3 is 6.18 Å². The van der Waals surface area contributed by atoms with Gasteiger partial charge in [-0.1, -0.05) is 12.1 Å². The summed E-state index contributed by atoms with van der Waals surface area (Å²) < 4.78 is 37.1. The van der Waals surface area contributed by atoms with Crippen molar-refractivity contribution in [3.8, 4) is 0 Å². The summed E-state index contributed by atoms with van der Waals surface area (Å²) in [5, 5.41) is 12.4. The summed E-state index contributed by atoms with van der Waals surface area (Å²) in [6.45, 7) is 0. The van der Waals surface area contributed by atoms with E-state index in [0.29, 0.717) is 12.0 Å². The molecule has 0 saturated heterocycles. The molecule has 96 valence electrons. The van der Waals surface area contributed by atoms with Crippen LogP contribution in [0.2, 0.25) is 0 Å². The molecule has 0 bridgehead atoms. The number of hydrogen-bond acceptors (Lipinski definition) is 3. The van der Waals surface area contributed by atoms with E-state index in [9.17, 15) is 18.3 Å². The molecule has 0 saturated carbocycles. The zero-order valence-corrected chi connectivity index (χ0v) is 10.0. The molecule has 0 fully saturated rings. The van der Waals surface area contributed by atoms with E-state index < -0.39 is 17.8 Å². The molecule has 0 spiro atoms. The molecule has 0 aliphatic rings. The van der Waals surface area contributed by atoms with Crippen LogP contribution in [0.25, 0.3) is 0 Å². The van der Waals surface area contributed by atoms with Crippen LogP contribution in [-0.2, 0) is 12.6 Å². The summed E-state index contributed by atoms with van der Waals surface area (Å²) in [5.74, 6) is 0. The molecule has 0 radical (unpaired) electrons. The van der Waals surface area contributed by atoms with Crippen LogP contribution >= 0.6 is 11.3 Å². The van der Waals surface area contributed by atoms with E-state index in [-0.39, 0.29) is 0 Å². The first-order valence-corrected chi connectivity index (χ1v) is 6.08. The third-order valence-electron chi connectivity index (χ3n) is 2.47. The van der Waals surface area contributed by atoms with Crippen molar-refractivity contribution in [2.45, 2.75) is 18.7 Å². The van der Waals surface area contributed by atoms with E-state index in [0.717, 1.165) is 17.1 Å². The lowest BCUT2D eigenvalue weighted by Gasteiger charge is -2.11. The van der Waals surface area contributed by atoms with Crippen molar-refractivity contribution < 1.29 is 18.3 Å². The van der Waals surface area contributed by atoms with E-state index in [2.05, 4.69) is 4.98 Å². The highest BCUT2D eigenvalue weighted by molar-refractivity contribution is 7.09. The fraction of sp³-hybridized carbons (Fsp3) is 0.250. The Morgan fingerprint density at radius 2 is 1.89 bits per heavy atom. The van der Waals surface area contributed by atoms with Crippen molar-refractivity contribution in [2.75, 3.05) is 0 Å². The van der Waals surface area contributed by atoms with Crippen LogP contribution in [0.15, 0.2) is 35.8 Å². The van der Waals surface area contributed by atoms with Crippen molar-refractivity contribution in [1.82, 2.24) is 4.98 Å². The maximum Gasteiger partial charge on any atom is 0.416 e. The van der Waals surface area contributed by atoms with Gasteiger partial charge < -0.3 is 5.11 Å². The number of benzene rings is 1. The van der Waals surface area contributed by atoms with E-state index in [1.807, 2.05) is 0 Å². The minimum atomic E-state index is -4.35. The molecule has 1 aromatic heterocycles. The Hall–Kier alpha value is -1.40. The average molecular weight is 273 g/mol. The van der Waals surface area contributed by atoms with Crippen LogP contribution in [0.5, 0.6) is 0 Å². The van der Waals surface area contributed by atoms with Gasteiger partial charge in [0.25, 0.3) is 0 Å². The molecular weight excluding hydrogens is 263 g/mol. The molecule has 1 atom stereocenters. The zero-order valence-electron chi connectivity index (χ0n) is 9.19. The van der Waals surface area contributed by atoms with E-state index in [1.165, 1.54) is 23.5 Å². The highest BCUT2D eigenvalue weighted by Gasteiger charge is 2.30. The molecule has 1 unspecified atom stereocenters. The number of nitrogens with zero attached hydrogens (tertiary/aromatic N) is 1. The smallest absolute Gasteiger partial charge is 0.388 e. The number of thiazole rings is 1. The minimum absolute atomic E-state index is 0.309. The van der Waals surface area contributed by atoms with Gasteiger partial charge in [0.1, 0.15) is 0 Å². The lowest BCUT2D eigenvalue weighted by Crippen LogP contribution is -2.06. The third-order valence-corrected chi connectivity index (χ3v) is 3.28. The fourth-order valence-electron chi connectivity index (χ4n) is 1.53. The molecule has 2 aromatic rings. The Labute approximate surface area is 106 Å². The van der Waals surface area contributed by atoms with Gasteiger partial charge in [-0.15, -0.1) is 11.3 Å². The first-order valence-electron chi connectivity index (χ1n) is 5.20. The van der Waals surface area contributed by atoms with Gasteiger partial charge in [-0.3, -0.25) is 0 Å². The number of hydrogen-bond donors (Lipinski definition) is 1. The molecule has 2 rings (SSSR count). The molecule has 2 nitrogen and oxygen atoms in total. The van der Waals surface area contributed by atoms with Gasteiger partial charge in [0.05, 0.1) is 16.7 Å². The van der Waals surface area contributed by atoms with Gasteiger partial charge in [-0.25, -0.2) is 4.98 Å². The monoisotopic (exact) mass is 273 g/mol. The van der Waals surface area contributed by atoms with Crippen LogP contribution in [-0.4, -0.2) is 10.1 Å². The summed E-state index contributed by atoms with van der Waals surface area (Å²) in [6.07, 6.45) is -3.25. The number of aliphatic hydroxyl groups is 1. The topological polar surface area (TPSA) is 33.1 Å². The van der Waals surface area contributed by atoms with Crippen molar-refractivity contribution in [3.05, 3.63) is 52.0 Å². The number of aliphatic hydroxyl groups excluding tert-OH is 1. The van der Waals surface area contributed by atoms with Gasteiger partial charge in [0.15, 0.2) is 0 Å². The van der Waals surface area contributed by atoms with E-state index in [4.69, 9.17) is 0 Å². The number of aromatic nitrogens is 1. The van der Waals surface area contributed by atoms with Crippen molar-refractivity contribution in [2.24, 2.45) is 0 Å². The SMILES string of the molecule is OC(Cc1nccs1)c1ccc(C(F)(F)F)cc1. The van der Waals surface area contributed by atoms with Gasteiger partial charge in [0, 0.05) is 18.0 Å². The van der Waals surface area contributed by atoms with Gasteiger partial charge in [0.2, 0.25) is 0 Å². The highest BCUT2D eigenvalue weighted by atomic mass is 32.1. The average Bonchev–Trinajstić information content (AvgIpc) is 2.81. The van der Waals surface area contributed by atoms with Crippen LogP contribution < -0.4 is 0 Å². The Balaban J connectivity index is 2.10. The van der Waals surface area contributed by atoms with Crippen LogP contribution in [0.1, 0.15) is 22.2 Å². The minimum Gasteiger partial charge on any atom is -0.388 e. The summed E-state index contributed by atoms with van der Waals surface area (Å²) in [6, 6.07) is 4.53. The number of halogens is 3. The predicted octanol–water partition coefficient (Wildman–Crippen LogP) is 3.44. The lowest BCUT2D eigenvalue weighted by molar-refractivity contribution is -0.137. The van der Waals surface area contributed by atoms with Crippen LogP contribution in [0.4, 0.5) is 13.2 Å². The highest BCUT2D eigenvalue weighted by Crippen LogP contribution is 2.30. The molecule has 1 aromatic carbocycles. The van der Waals surface area contributed by atoms with Crippen molar-refractivity contribution >= 4 is 11.3 Å². The molecule has 1 heterocycles.